The predicted molar refractivity (Wildman–Crippen MR) is 72.9 cm³/mol. The third kappa shape index (κ3) is 3.04. The molecule has 0 saturated carbocycles. The van der Waals surface area contributed by atoms with Crippen LogP contribution < -0.4 is 5.32 Å². The first-order valence-electron chi connectivity index (χ1n) is 5.04. The number of anilines is 1. The average molecular weight is 336 g/mol. The topological polar surface area (TPSA) is 92.4 Å². The highest BCUT2D eigenvalue weighted by Crippen LogP contribution is 2.32. The van der Waals surface area contributed by atoms with Crippen LogP contribution in [0.5, 0.6) is 0 Å². The molecule has 0 aliphatic rings. The Balaban J connectivity index is 2.23. The molecule has 0 aliphatic carbocycles. The van der Waals surface area contributed by atoms with Crippen LogP contribution in [0.15, 0.2) is 22.7 Å². The van der Waals surface area contributed by atoms with Crippen molar-refractivity contribution in [2.24, 2.45) is 0 Å². The summed E-state index contributed by atoms with van der Waals surface area (Å²) in [6.45, 7) is 0. The molecule has 2 aromatic rings. The maximum absolute atomic E-state index is 11.8. The molecule has 104 valence electrons. The number of nitrogens with one attached hydrogen (secondary N) is 1. The zero-order chi connectivity index (χ0) is 14.9. The fourth-order valence-electron chi connectivity index (χ4n) is 1.29. The summed E-state index contributed by atoms with van der Waals surface area (Å²) in [5.41, 5.74) is 0.00970. The van der Waals surface area contributed by atoms with Gasteiger partial charge in [-0.25, -0.2) is 4.79 Å². The molecule has 1 heterocycles. The Hall–Kier alpha value is -1.76. The maximum atomic E-state index is 11.8. The Morgan fingerprint density at radius 1 is 1.10 bits per heavy atom. The molecular weight excluding hydrogens is 330 g/mol. The minimum atomic E-state index is -1.33. The third-order valence-electron chi connectivity index (χ3n) is 2.21. The van der Waals surface area contributed by atoms with E-state index in [1.807, 2.05) is 0 Å². The van der Waals surface area contributed by atoms with Crippen molar-refractivity contribution in [3.63, 3.8) is 0 Å². The highest BCUT2D eigenvalue weighted by molar-refractivity contribution is 6.44. The molecule has 0 spiro atoms. The standard InChI is InChI=1S/C11H5Cl3N2O4/c12-4-1-6(14)7(2-5(4)13)15-10(17)8-3-9(11(18)19)20-16-8/h1-3H,(H,15,17)(H,18,19). The molecule has 6 nitrogen and oxygen atoms in total. The molecule has 9 heteroatoms. The molecule has 0 bridgehead atoms. The number of carbonyl (C=O) groups is 2. The minimum absolute atomic E-state index is 0.176. The Morgan fingerprint density at radius 3 is 2.35 bits per heavy atom. The van der Waals surface area contributed by atoms with Gasteiger partial charge < -0.3 is 14.9 Å². The lowest BCUT2D eigenvalue weighted by Gasteiger charge is -2.07. The van der Waals surface area contributed by atoms with Crippen molar-refractivity contribution in [3.8, 4) is 0 Å². The monoisotopic (exact) mass is 334 g/mol. The van der Waals surface area contributed by atoms with Gasteiger partial charge in [0.15, 0.2) is 5.69 Å². The van der Waals surface area contributed by atoms with E-state index in [9.17, 15) is 9.59 Å². The van der Waals surface area contributed by atoms with E-state index in [2.05, 4.69) is 15.0 Å². The summed E-state index contributed by atoms with van der Waals surface area (Å²) >= 11 is 17.5. The lowest BCUT2D eigenvalue weighted by Crippen LogP contribution is -2.12. The molecule has 1 aromatic heterocycles. The number of halogens is 3. The van der Waals surface area contributed by atoms with Crippen LogP contribution in [-0.4, -0.2) is 22.1 Å². The van der Waals surface area contributed by atoms with Crippen LogP contribution in [0.25, 0.3) is 0 Å². The Bertz CT molecular complexity index is 699. The van der Waals surface area contributed by atoms with E-state index >= 15 is 0 Å². The van der Waals surface area contributed by atoms with Gasteiger partial charge in [-0.2, -0.15) is 0 Å². The number of benzene rings is 1. The number of aromatic nitrogens is 1. The van der Waals surface area contributed by atoms with Crippen molar-refractivity contribution in [3.05, 3.63) is 44.7 Å². The quantitative estimate of drug-likeness (QED) is 0.836. The van der Waals surface area contributed by atoms with Gasteiger partial charge in [-0.3, -0.25) is 4.79 Å². The molecule has 0 saturated heterocycles. The molecule has 0 atom stereocenters. The van der Waals surface area contributed by atoms with Gasteiger partial charge >= 0.3 is 5.97 Å². The first-order valence-corrected chi connectivity index (χ1v) is 6.18. The maximum Gasteiger partial charge on any atom is 0.374 e. The van der Waals surface area contributed by atoms with Crippen LogP contribution >= 0.6 is 34.8 Å². The summed E-state index contributed by atoms with van der Waals surface area (Å²) in [6, 6.07) is 3.72. The van der Waals surface area contributed by atoms with Crippen LogP contribution in [-0.2, 0) is 0 Å². The van der Waals surface area contributed by atoms with Gasteiger partial charge in [0.1, 0.15) is 0 Å². The van der Waals surface area contributed by atoms with Crippen molar-refractivity contribution in [2.75, 3.05) is 5.32 Å². The van der Waals surface area contributed by atoms with Gasteiger partial charge in [-0.15, -0.1) is 0 Å². The van der Waals surface area contributed by atoms with Crippen molar-refractivity contribution in [1.82, 2.24) is 5.16 Å². The van der Waals surface area contributed by atoms with E-state index in [0.29, 0.717) is 0 Å². The number of rotatable bonds is 3. The summed E-state index contributed by atoms with van der Waals surface area (Å²) in [5.74, 6) is -2.47. The minimum Gasteiger partial charge on any atom is -0.475 e. The first kappa shape index (κ1) is 14.6. The van der Waals surface area contributed by atoms with Crippen molar-refractivity contribution >= 4 is 52.4 Å². The number of hydrogen-bond donors (Lipinski definition) is 2. The van der Waals surface area contributed by atoms with E-state index in [1.165, 1.54) is 12.1 Å². The molecule has 1 amide bonds. The van der Waals surface area contributed by atoms with Gasteiger partial charge in [-0.1, -0.05) is 40.0 Å². The number of amides is 1. The third-order valence-corrected chi connectivity index (χ3v) is 3.25. The fraction of sp³-hybridized carbons (Fsp3) is 0. The highest BCUT2D eigenvalue weighted by Gasteiger charge is 2.18. The SMILES string of the molecule is O=C(Nc1cc(Cl)c(Cl)cc1Cl)c1cc(C(=O)O)on1. The van der Waals surface area contributed by atoms with E-state index < -0.39 is 17.6 Å². The summed E-state index contributed by atoms with van der Waals surface area (Å²) < 4.78 is 4.47. The number of carboxylic acid groups (broad SMARTS) is 1. The molecule has 0 unspecified atom stereocenters. The Labute approximate surface area is 127 Å². The van der Waals surface area contributed by atoms with Crippen molar-refractivity contribution in [2.45, 2.75) is 0 Å². The number of nitrogens with zero attached hydrogens (tertiary/aromatic N) is 1. The van der Waals surface area contributed by atoms with Crippen LogP contribution in [0, 0.1) is 0 Å². The zero-order valence-corrected chi connectivity index (χ0v) is 11.8. The van der Waals surface area contributed by atoms with E-state index in [-0.39, 0.29) is 26.4 Å². The highest BCUT2D eigenvalue weighted by atomic mass is 35.5. The van der Waals surface area contributed by atoms with Crippen LogP contribution in [0.1, 0.15) is 21.0 Å². The molecule has 0 fully saturated rings. The van der Waals surface area contributed by atoms with Crippen LogP contribution in [0.2, 0.25) is 15.1 Å². The van der Waals surface area contributed by atoms with Crippen LogP contribution in [0.4, 0.5) is 5.69 Å². The first-order chi connectivity index (χ1) is 9.38. The smallest absolute Gasteiger partial charge is 0.374 e. The largest absolute Gasteiger partial charge is 0.475 e. The number of carbonyl (C=O) groups excluding carboxylic acids is 1. The Kier molecular flexibility index (Phi) is 4.17. The van der Waals surface area contributed by atoms with Crippen LogP contribution in [0.3, 0.4) is 0 Å². The van der Waals surface area contributed by atoms with Crippen molar-refractivity contribution < 1.29 is 19.2 Å². The lowest BCUT2D eigenvalue weighted by molar-refractivity contribution is 0.0651. The molecule has 0 aliphatic heterocycles. The molecule has 2 rings (SSSR count). The van der Waals surface area contributed by atoms with Gasteiger partial charge in [0.2, 0.25) is 5.76 Å². The summed E-state index contributed by atoms with van der Waals surface area (Å²) in [4.78, 5) is 22.4. The zero-order valence-electron chi connectivity index (χ0n) is 9.49. The number of hydrogen-bond acceptors (Lipinski definition) is 4. The molecule has 1 aromatic carbocycles. The van der Waals surface area contributed by atoms with E-state index in [1.54, 1.807) is 0 Å². The fourth-order valence-corrected chi connectivity index (χ4v) is 1.88. The second kappa shape index (κ2) is 5.70. The van der Waals surface area contributed by atoms with E-state index in [0.717, 1.165) is 6.07 Å². The van der Waals surface area contributed by atoms with Gasteiger partial charge in [-0.05, 0) is 12.1 Å². The number of aromatic carboxylic acids is 1. The number of carboxylic acids is 1. The summed E-state index contributed by atoms with van der Waals surface area (Å²) in [6.07, 6.45) is 0. The predicted octanol–water partition coefficient (Wildman–Crippen LogP) is 3.59. The lowest BCUT2D eigenvalue weighted by atomic mass is 10.3. The Morgan fingerprint density at radius 2 is 1.75 bits per heavy atom. The van der Waals surface area contributed by atoms with Gasteiger partial charge in [0.25, 0.3) is 5.91 Å². The van der Waals surface area contributed by atoms with E-state index in [4.69, 9.17) is 39.9 Å². The second-order valence-corrected chi connectivity index (χ2v) is 4.80. The van der Waals surface area contributed by atoms with Gasteiger partial charge in [0, 0.05) is 6.07 Å². The van der Waals surface area contributed by atoms with Gasteiger partial charge in [0.05, 0.1) is 20.8 Å². The normalized spacial score (nSPS) is 10.3. The summed E-state index contributed by atoms with van der Waals surface area (Å²) in [7, 11) is 0. The molecular formula is C11H5Cl3N2O4. The molecule has 2 N–H and O–H groups in total. The summed E-state index contributed by atoms with van der Waals surface area (Å²) in [5, 5.41) is 15.0. The molecule has 0 radical (unpaired) electrons. The second-order valence-electron chi connectivity index (χ2n) is 3.58. The van der Waals surface area contributed by atoms with Crippen molar-refractivity contribution in [1.29, 1.82) is 0 Å². The molecule has 20 heavy (non-hydrogen) atoms. The average Bonchev–Trinajstić information content (AvgIpc) is 2.85.